The Bertz CT molecular complexity index is 569. The summed E-state index contributed by atoms with van der Waals surface area (Å²) in [5.41, 5.74) is 1.56. The summed E-state index contributed by atoms with van der Waals surface area (Å²) in [6.07, 6.45) is 11.8. The fourth-order valence-electron chi connectivity index (χ4n) is 7.08. The summed E-state index contributed by atoms with van der Waals surface area (Å²) < 4.78 is 0. The number of amides is 2. The molecule has 1 saturated heterocycles. The fraction of sp³-hybridized carbons (Fsp3) is 0.800. The van der Waals surface area contributed by atoms with Gasteiger partial charge in [0.05, 0.1) is 11.8 Å². The van der Waals surface area contributed by atoms with Crippen LogP contribution in [0.15, 0.2) is 11.6 Å². The molecule has 4 saturated carbocycles. The molecule has 2 amide bonds. The van der Waals surface area contributed by atoms with E-state index in [1.807, 2.05) is 0 Å². The zero-order valence-corrected chi connectivity index (χ0v) is 14.1. The number of nitrogens with zero attached hydrogens (tertiary/aromatic N) is 1. The summed E-state index contributed by atoms with van der Waals surface area (Å²) in [4.78, 5) is 27.5. The molecule has 0 aromatic carbocycles. The highest BCUT2D eigenvalue weighted by atomic mass is 16.2. The Balaban J connectivity index is 1.39. The van der Waals surface area contributed by atoms with Gasteiger partial charge in [-0.25, -0.2) is 0 Å². The van der Waals surface area contributed by atoms with E-state index in [0.29, 0.717) is 0 Å². The van der Waals surface area contributed by atoms with Gasteiger partial charge in [0, 0.05) is 6.54 Å². The Labute approximate surface area is 138 Å². The summed E-state index contributed by atoms with van der Waals surface area (Å²) in [6, 6.07) is 0. The van der Waals surface area contributed by atoms with Crippen LogP contribution in [-0.4, -0.2) is 23.3 Å². The largest absolute Gasteiger partial charge is 0.282 e. The van der Waals surface area contributed by atoms with Crippen LogP contribution >= 0.6 is 0 Å². The van der Waals surface area contributed by atoms with Crippen molar-refractivity contribution in [3.63, 3.8) is 0 Å². The molecule has 0 N–H and O–H groups in total. The summed E-state index contributed by atoms with van der Waals surface area (Å²) in [7, 11) is 0. The lowest BCUT2D eigenvalue weighted by atomic mass is 9.49. The Morgan fingerprint density at radius 3 is 2.17 bits per heavy atom. The fourth-order valence-corrected chi connectivity index (χ4v) is 7.08. The molecule has 0 unspecified atom stereocenters. The van der Waals surface area contributed by atoms with Crippen LogP contribution in [0.25, 0.3) is 0 Å². The second-order valence-electron chi connectivity index (χ2n) is 9.38. The molecule has 124 valence electrons. The van der Waals surface area contributed by atoms with E-state index in [0.717, 1.165) is 37.1 Å². The smallest absolute Gasteiger partial charge is 0.233 e. The highest BCUT2D eigenvalue weighted by Crippen LogP contribution is 2.60. The molecule has 0 aromatic heterocycles. The summed E-state index contributed by atoms with van der Waals surface area (Å²) >= 11 is 0. The van der Waals surface area contributed by atoms with Crippen molar-refractivity contribution in [2.24, 2.45) is 35.0 Å². The van der Waals surface area contributed by atoms with Crippen molar-refractivity contribution in [1.82, 2.24) is 4.90 Å². The predicted octanol–water partition coefficient (Wildman–Crippen LogP) is 3.54. The number of hydrogen-bond donors (Lipinski definition) is 0. The van der Waals surface area contributed by atoms with Gasteiger partial charge in [0.15, 0.2) is 0 Å². The first kappa shape index (κ1) is 14.2. The minimum Gasteiger partial charge on any atom is -0.282 e. The first-order valence-electron chi connectivity index (χ1n) is 9.54. The van der Waals surface area contributed by atoms with Crippen LogP contribution in [0.1, 0.15) is 58.3 Å². The normalized spacial score (nSPS) is 48.0. The van der Waals surface area contributed by atoms with Crippen molar-refractivity contribution < 1.29 is 9.59 Å². The molecule has 0 aromatic rings. The molecule has 6 rings (SSSR count). The van der Waals surface area contributed by atoms with E-state index < -0.39 is 0 Å². The maximum atomic E-state index is 12.9. The highest BCUT2D eigenvalue weighted by molar-refractivity contribution is 6.05. The minimum absolute atomic E-state index is 0.0542. The number of hydrogen-bond acceptors (Lipinski definition) is 2. The highest BCUT2D eigenvalue weighted by Gasteiger charge is 2.55. The molecule has 3 nitrogen and oxygen atoms in total. The monoisotopic (exact) mass is 313 g/mol. The lowest BCUT2D eigenvalue weighted by Crippen LogP contribution is -2.52. The molecule has 5 aliphatic carbocycles. The quantitative estimate of drug-likeness (QED) is 0.577. The number of imide groups is 1. The van der Waals surface area contributed by atoms with Gasteiger partial charge in [-0.05, 0) is 81.5 Å². The standard InChI is InChI=1S/C20H27NO2/c1-12-2-3-16-17(4-12)19(23)21(18(16)22)11-20-8-13-5-14(9-20)7-15(6-13)10-20/h2,13-17H,3-11H2,1H3/t13?,14?,15?,16-,17-,20?/m0/s1. The van der Waals surface area contributed by atoms with Gasteiger partial charge in [-0.2, -0.15) is 0 Å². The molecule has 5 fully saturated rings. The number of carbonyl (C=O) groups excluding carboxylic acids is 2. The second-order valence-corrected chi connectivity index (χ2v) is 9.38. The van der Waals surface area contributed by atoms with Crippen molar-refractivity contribution in [3.05, 3.63) is 11.6 Å². The maximum absolute atomic E-state index is 12.9. The second kappa shape index (κ2) is 4.70. The van der Waals surface area contributed by atoms with Crippen LogP contribution in [0.5, 0.6) is 0 Å². The zero-order valence-electron chi connectivity index (χ0n) is 14.1. The summed E-state index contributed by atoms with van der Waals surface area (Å²) in [6.45, 7) is 2.83. The minimum atomic E-state index is -0.0555. The third-order valence-corrected chi connectivity index (χ3v) is 7.57. The van der Waals surface area contributed by atoms with Crippen molar-refractivity contribution in [2.75, 3.05) is 6.54 Å². The predicted molar refractivity (Wildman–Crippen MR) is 87.3 cm³/mol. The average Bonchev–Trinajstić information content (AvgIpc) is 2.70. The van der Waals surface area contributed by atoms with Gasteiger partial charge >= 0.3 is 0 Å². The summed E-state index contributed by atoms with van der Waals surface area (Å²) in [5, 5.41) is 0. The number of likely N-dealkylation sites (tertiary alicyclic amines) is 1. The Morgan fingerprint density at radius 1 is 1.00 bits per heavy atom. The van der Waals surface area contributed by atoms with Gasteiger partial charge in [0.1, 0.15) is 0 Å². The van der Waals surface area contributed by atoms with E-state index in [9.17, 15) is 9.59 Å². The van der Waals surface area contributed by atoms with Crippen molar-refractivity contribution in [2.45, 2.75) is 58.3 Å². The van der Waals surface area contributed by atoms with Gasteiger partial charge < -0.3 is 0 Å². The van der Waals surface area contributed by atoms with Gasteiger partial charge in [0.2, 0.25) is 11.8 Å². The third kappa shape index (κ3) is 2.08. The number of carbonyl (C=O) groups is 2. The SMILES string of the molecule is CC1=CC[C@@H]2C(=O)N(CC34CC5CC(CC(C5)C3)C4)C(=O)[C@H]2C1. The van der Waals surface area contributed by atoms with Gasteiger partial charge in [-0.1, -0.05) is 11.6 Å². The van der Waals surface area contributed by atoms with Crippen molar-refractivity contribution in [3.8, 4) is 0 Å². The number of fused-ring (bicyclic) bond motifs is 1. The first-order valence-corrected chi connectivity index (χ1v) is 9.54. The van der Waals surface area contributed by atoms with E-state index in [2.05, 4.69) is 13.0 Å². The number of rotatable bonds is 2. The third-order valence-electron chi connectivity index (χ3n) is 7.57. The van der Waals surface area contributed by atoms with E-state index in [4.69, 9.17) is 0 Å². The van der Waals surface area contributed by atoms with Crippen LogP contribution in [0.3, 0.4) is 0 Å². The molecule has 23 heavy (non-hydrogen) atoms. The van der Waals surface area contributed by atoms with Crippen LogP contribution in [-0.2, 0) is 9.59 Å². The molecule has 0 spiro atoms. The Morgan fingerprint density at radius 2 is 1.57 bits per heavy atom. The van der Waals surface area contributed by atoms with Gasteiger partial charge in [-0.15, -0.1) is 0 Å². The summed E-state index contributed by atoms with van der Waals surface area (Å²) in [5.74, 6) is 2.80. The zero-order chi connectivity index (χ0) is 15.8. The molecule has 0 radical (unpaired) electrons. The van der Waals surface area contributed by atoms with E-state index in [1.165, 1.54) is 44.1 Å². The lowest BCUT2D eigenvalue weighted by Gasteiger charge is -2.57. The lowest BCUT2D eigenvalue weighted by molar-refractivity contribution is -0.146. The van der Waals surface area contributed by atoms with Crippen LogP contribution < -0.4 is 0 Å². The Hall–Kier alpha value is -1.12. The Kier molecular flexibility index (Phi) is 2.91. The molecule has 4 bridgehead atoms. The molecular formula is C20H27NO2. The number of allylic oxidation sites excluding steroid dienone is 2. The molecule has 1 aliphatic heterocycles. The molecule has 2 atom stereocenters. The molecule has 6 aliphatic rings. The van der Waals surface area contributed by atoms with Crippen LogP contribution in [0.2, 0.25) is 0 Å². The molecule has 3 heteroatoms. The van der Waals surface area contributed by atoms with E-state index in [1.54, 1.807) is 4.90 Å². The molecule has 1 heterocycles. The van der Waals surface area contributed by atoms with Crippen LogP contribution in [0, 0.1) is 35.0 Å². The van der Waals surface area contributed by atoms with Crippen LogP contribution in [0.4, 0.5) is 0 Å². The first-order chi connectivity index (χ1) is 11.0. The van der Waals surface area contributed by atoms with Gasteiger partial charge in [0.25, 0.3) is 0 Å². The van der Waals surface area contributed by atoms with Gasteiger partial charge in [-0.3, -0.25) is 14.5 Å². The average molecular weight is 313 g/mol. The van der Waals surface area contributed by atoms with Crippen molar-refractivity contribution in [1.29, 1.82) is 0 Å². The van der Waals surface area contributed by atoms with Crippen molar-refractivity contribution >= 4 is 11.8 Å². The maximum Gasteiger partial charge on any atom is 0.233 e. The topological polar surface area (TPSA) is 37.4 Å². The van der Waals surface area contributed by atoms with E-state index in [-0.39, 0.29) is 29.1 Å². The van der Waals surface area contributed by atoms with E-state index >= 15 is 0 Å². The molecular weight excluding hydrogens is 286 g/mol.